The van der Waals surface area contributed by atoms with Gasteiger partial charge in [-0.15, -0.1) is 0 Å². The molecule has 5 nitrogen and oxygen atoms in total. The molecule has 1 aromatic heterocycles. The highest BCUT2D eigenvalue weighted by Crippen LogP contribution is 2.35. The summed E-state index contributed by atoms with van der Waals surface area (Å²) in [6, 6.07) is 3.47. The Labute approximate surface area is 153 Å². The SMILES string of the molecule is Cc1nc(Cl)c(CC(N)=O)c(NC(C)c2cccc(C(F)(F)F)c2C)n1. The van der Waals surface area contributed by atoms with E-state index in [9.17, 15) is 18.0 Å². The minimum atomic E-state index is -4.44. The van der Waals surface area contributed by atoms with Gasteiger partial charge in [0.25, 0.3) is 0 Å². The number of hydrogen-bond acceptors (Lipinski definition) is 4. The highest BCUT2D eigenvalue weighted by Gasteiger charge is 2.33. The molecule has 9 heteroatoms. The van der Waals surface area contributed by atoms with E-state index in [0.29, 0.717) is 17.0 Å². The van der Waals surface area contributed by atoms with Crippen molar-refractivity contribution in [1.29, 1.82) is 0 Å². The molecule has 0 spiro atoms. The van der Waals surface area contributed by atoms with Crippen molar-refractivity contribution in [3.63, 3.8) is 0 Å². The molecule has 1 heterocycles. The zero-order valence-electron chi connectivity index (χ0n) is 14.4. The summed E-state index contributed by atoms with van der Waals surface area (Å²) in [7, 11) is 0. The lowest BCUT2D eigenvalue weighted by molar-refractivity contribution is -0.138. The second kappa shape index (κ2) is 7.49. The molecule has 26 heavy (non-hydrogen) atoms. The van der Waals surface area contributed by atoms with E-state index in [1.165, 1.54) is 13.0 Å². The van der Waals surface area contributed by atoms with Gasteiger partial charge in [0.05, 0.1) is 18.0 Å². The number of carbonyl (C=O) groups is 1. The van der Waals surface area contributed by atoms with E-state index in [4.69, 9.17) is 17.3 Å². The number of amides is 1. The maximum Gasteiger partial charge on any atom is 0.416 e. The monoisotopic (exact) mass is 386 g/mol. The lowest BCUT2D eigenvalue weighted by Gasteiger charge is -2.21. The maximum atomic E-state index is 13.1. The number of halogens is 4. The van der Waals surface area contributed by atoms with Gasteiger partial charge in [0.15, 0.2) is 0 Å². The second-order valence-electron chi connectivity index (χ2n) is 5.92. The Morgan fingerprint density at radius 1 is 1.31 bits per heavy atom. The van der Waals surface area contributed by atoms with Gasteiger partial charge in [0.1, 0.15) is 16.8 Å². The van der Waals surface area contributed by atoms with Gasteiger partial charge in [-0.2, -0.15) is 13.2 Å². The topological polar surface area (TPSA) is 80.9 Å². The van der Waals surface area contributed by atoms with E-state index in [1.54, 1.807) is 19.9 Å². The third-order valence-electron chi connectivity index (χ3n) is 3.92. The number of carbonyl (C=O) groups excluding carboxylic acids is 1. The molecule has 1 amide bonds. The first-order valence-corrected chi connectivity index (χ1v) is 8.13. The fourth-order valence-electron chi connectivity index (χ4n) is 2.72. The number of aromatic nitrogens is 2. The predicted molar refractivity (Wildman–Crippen MR) is 92.9 cm³/mol. The minimum absolute atomic E-state index is 0.0757. The molecule has 0 radical (unpaired) electrons. The summed E-state index contributed by atoms with van der Waals surface area (Å²) >= 11 is 6.08. The first-order chi connectivity index (χ1) is 12.0. The fourth-order valence-corrected chi connectivity index (χ4v) is 3.00. The van der Waals surface area contributed by atoms with Crippen LogP contribution in [0.2, 0.25) is 5.15 Å². The Bertz CT molecular complexity index is 839. The van der Waals surface area contributed by atoms with Gasteiger partial charge in [0, 0.05) is 5.56 Å². The molecule has 140 valence electrons. The summed E-state index contributed by atoms with van der Waals surface area (Å²) in [5.74, 6) is 0.00889. The van der Waals surface area contributed by atoms with Crippen LogP contribution in [0.5, 0.6) is 0 Å². The number of benzene rings is 1. The number of alkyl halides is 3. The Morgan fingerprint density at radius 2 is 1.96 bits per heavy atom. The first kappa shape index (κ1) is 20.0. The van der Waals surface area contributed by atoms with E-state index < -0.39 is 23.7 Å². The quantitative estimate of drug-likeness (QED) is 0.762. The molecule has 0 aliphatic heterocycles. The predicted octanol–water partition coefficient (Wildman–Crippen LogP) is 3.97. The van der Waals surface area contributed by atoms with Gasteiger partial charge in [0.2, 0.25) is 5.91 Å². The van der Waals surface area contributed by atoms with Crippen molar-refractivity contribution in [2.75, 3.05) is 5.32 Å². The van der Waals surface area contributed by atoms with Crippen LogP contribution in [0, 0.1) is 13.8 Å². The van der Waals surface area contributed by atoms with Crippen LogP contribution in [0.3, 0.4) is 0 Å². The second-order valence-corrected chi connectivity index (χ2v) is 6.27. The van der Waals surface area contributed by atoms with Crippen molar-refractivity contribution in [1.82, 2.24) is 9.97 Å². The summed E-state index contributed by atoms with van der Waals surface area (Å²) in [5.41, 5.74) is 5.41. The molecule has 0 fully saturated rings. The van der Waals surface area contributed by atoms with E-state index in [1.807, 2.05) is 0 Å². The Morgan fingerprint density at radius 3 is 2.54 bits per heavy atom. The van der Waals surface area contributed by atoms with Gasteiger partial charge in [-0.05, 0) is 38.0 Å². The van der Waals surface area contributed by atoms with Crippen LogP contribution >= 0.6 is 11.6 Å². The normalized spacial score (nSPS) is 12.7. The van der Waals surface area contributed by atoms with E-state index in [-0.39, 0.29) is 23.0 Å². The molecule has 0 bridgehead atoms. The zero-order valence-corrected chi connectivity index (χ0v) is 15.2. The number of hydrogen-bond donors (Lipinski definition) is 2. The first-order valence-electron chi connectivity index (χ1n) is 7.75. The standard InChI is InChI=1S/C17H18ClF3N4O/c1-8-11(5-4-6-13(8)17(19,20)21)9(2)23-16-12(7-14(22)26)15(18)24-10(3)25-16/h4-6,9H,7H2,1-3H3,(H2,22,26)(H,23,24,25). The van der Waals surface area contributed by atoms with Crippen molar-refractivity contribution in [2.45, 2.75) is 39.4 Å². The number of nitrogens with two attached hydrogens (primary N) is 1. The Kier molecular flexibility index (Phi) is 5.75. The average molecular weight is 387 g/mol. The highest BCUT2D eigenvalue weighted by atomic mass is 35.5. The molecule has 0 aliphatic rings. The summed E-state index contributed by atoms with van der Waals surface area (Å²) in [4.78, 5) is 19.5. The maximum absolute atomic E-state index is 13.1. The Hall–Kier alpha value is -2.35. The van der Waals surface area contributed by atoms with Gasteiger partial charge in [-0.3, -0.25) is 4.79 Å². The fraction of sp³-hybridized carbons (Fsp3) is 0.353. The lowest BCUT2D eigenvalue weighted by atomic mass is 9.97. The number of nitrogens with zero attached hydrogens (tertiary/aromatic N) is 2. The smallest absolute Gasteiger partial charge is 0.369 e. The van der Waals surface area contributed by atoms with Crippen molar-refractivity contribution in [3.8, 4) is 0 Å². The number of rotatable bonds is 5. The summed E-state index contributed by atoms with van der Waals surface area (Å²) < 4.78 is 39.4. The molecule has 3 N–H and O–H groups in total. The minimum Gasteiger partial charge on any atom is -0.369 e. The number of aryl methyl sites for hydroxylation is 1. The van der Waals surface area contributed by atoms with Crippen molar-refractivity contribution in [3.05, 3.63) is 51.4 Å². The van der Waals surface area contributed by atoms with Gasteiger partial charge >= 0.3 is 6.18 Å². The summed E-state index contributed by atoms with van der Waals surface area (Å²) in [5, 5.41) is 3.10. The Balaban J connectivity index is 2.42. The van der Waals surface area contributed by atoms with Crippen molar-refractivity contribution >= 4 is 23.3 Å². The van der Waals surface area contributed by atoms with Crippen LogP contribution in [-0.2, 0) is 17.4 Å². The highest BCUT2D eigenvalue weighted by molar-refractivity contribution is 6.30. The summed E-state index contributed by atoms with van der Waals surface area (Å²) in [6.07, 6.45) is -4.62. The van der Waals surface area contributed by atoms with Crippen LogP contribution in [0.1, 0.15) is 41.0 Å². The molecule has 1 aromatic carbocycles. The van der Waals surface area contributed by atoms with E-state index >= 15 is 0 Å². The van der Waals surface area contributed by atoms with Crippen LogP contribution in [0.4, 0.5) is 19.0 Å². The molecule has 1 atom stereocenters. The molecule has 0 saturated heterocycles. The largest absolute Gasteiger partial charge is 0.416 e. The molecule has 0 saturated carbocycles. The van der Waals surface area contributed by atoms with E-state index in [2.05, 4.69) is 15.3 Å². The van der Waals surface area contributed by atoms with Gasteiger partial charge < -0.3 is 11.1 Å². The van der Waals surface area contributed by atoms with Crippen LogP contribution in [-0.4, -0.2) is 15.9 Å². The number of primary amides is 1. The van der Waals surface area contributed by atoms with Crippen LogP contribution in [0.15, 0.2) is 18.2 Å². The molecule has 0 aliphatic carbocycles. The zero-order chi connectivity index (χ0) is 19.6. The third-order valence-corrected chi connectivity index (χ3v) is 4.23. The molecular weight excluding hydrogens is 369 g/mol. The van der Waals surface area contributed by atoms with Gasteiger partial charge in [-0.1, -0.05) is 23.7 Å². The molecule has 2 aromatic rings. The number of anilines is 1. The van der Waals surface area contributed by atoms with Crippen molar-refractivity contribution in [2.24, 2.45) is 5.73 Å². The summed E-state index contributed by atoms with van der Waals surface area (Å²) in [6.45, 7) is 4.73. The van der Waals surface area contributed by atoms with Crippen LogP contribution in [0.25, 0.3) is 0 Å². The average Bonchev–Trinajstić information content (AvgIpc) is 2.49. The van der Waals surface area contributed by atoms with E-state index in [0.717, 1.165) is 6.07 Å². The molecule has 2 rings (SSSR count). The number of nitrogens with one attached hydrogen (secondary N) is 1. The molecular formula is C17H18ClF3N4O. The molecule has 1 unspecified atom stereocenters. The van der Waals surface area contributed by atoms with Gasteiger partial charge in [-0.25, -0.2) is 9.97 Å². The lowest BCUT2D eigenvalue weighted by Crippen LogP contribution is -2.19. The third kappa shape index (κ3) is 4.43. The van der Waals surface area contributed by atoms with Crippen LogP contribution < -0.4 is 11.1 Å². The van der Waals surface area contributed by atoms with Crippen molar-refractivity contribution < 1.29 is 18.0 Å².